The van der Waals surface area contributed by atoms with Gasteiger partial charge in [-0.1, -0.05) is 19.6 Å². The minimum atomic E-state index is 0.571. The molecular weight excluding hydrogens is 134 g/mol. The molecule has 0 atom stereocenters. The fraction of sp³-hybridized carbons (Fsp3) is 0.600. The number of hydrogen-bond acceptors (Lipinski definition) is 1. The summed E-state index contributed by atoms with van der Waals surface area (Å²) in [5.41, 5.74) is 1.34. The van der Waals surface area contributed by atoms with E-state index in [-0.39, 0.29) is 0 Å². The third kappa shape index (κ3) is 3.26. The zero-order valence-electron chi connectivity index (χ0n) is 8.09. The summed E-state index contributed by atoms with van der Waals surface area (Å²) in [5, 5.41) is 0. The van der Waals surface area contributed by atoms with Crippen LogP contribution in [0.3, 0.4) is 0 Å². The molecule has 0 aliphatic rings. The van der Waals surface area contributed by atoms with E-state index in [1.165, 1.54) is 5.70 Å². The van der Waals surface area contributed by atoms with Crippen molar-refractivity contribution in [3.8, 4) is 0 Å². The summed E-state index contributed by atoms with van der Waals surface area (Å²) >= 11 is 0. The van der Waals surface area contributed by atoms with Crippen molar-refractivity contribution in [3.05, 3.63) is 24.4 Å². The van der Waals surface area contributed by atoms with Crippen LogP contribution in [0.1, 0.15) is 27.2 Å². The Balaban J connectivity index is 4.25. The summed E-state index contributed by atoms with van der Waals surface area (Å²) in [6, 6.07) is 0.571. The van der Waals surface area contributed by atoms with Crippen LogP contribution in [0.4, 0.5) is 0 Å². The third-order valence-corrected chi connectivity index (χ3v) is 1.90. The highest BCUT2D eigenvalue weighted by molar-refractivity contribution is 5.09. The van der Waals surface area contributed by atoms with Crippen LogP contribution in [0, 0.1) is 0 Å². The van der Waals surface area contributed by atoms with Crippen molar-refractivity contribution in [3.63, 3.8) is 0 Å². The molecule has 0 fully saturated rings. The summed E-state index contributed by atoms with van der Waals surface area (Å²) in [4.78, 5) is 2.27. The summed E-state index contributed by atoms with van der Waals surface area (Å²) in [6.45, 7) is 10.2. The Morgan fingerprint density at radius 3 is 2.36 bits per heavy atom. The molecule has 0 radical (unpaired) electrons. The van der Waals surface area contributed by atoms with Gasteiger partial charge in [-0.05, 0) is 26.3 Å². The first-order valence-corrected chi connectivity index (χ1v) is 4.17. The van der Waals surface area contributed by atoms with Crippen molar-refractivity contribution in [1.29, 1.82) is 0 Å². The van der Waals surface area contributed by atoms with Gasteiger partial charge in [-0.2, -0.15) is 0 Å². The molecular formula is C10H19N. The van der Waals surface area contributed by atoms with Crippen molar-refractivity contribution < 1.29 is 0 Å². The van der Waals surface area contributed by atoms with Gasteiger partial charge in [0.05, 0.1) is 0 Å². The zero-order valence-corrected chi connectivity index (χ0v) is 8.09. The van der Waals surface area contributed by atoms with Gasteiger partial charge in [-0.3, -0.25) is 0 Å². The molecule has 0 heterocycles. The standard InChI is InChI=1S/C10H19N/c1-6-8-10(7-2)11(5)9(3)4/h6,8-9H,1,7H2,2-5H3/b10-8+. The second kappa shape index (κ2) is 5.00. The van der Waals surface area contributed by atoms with Gasteiger partial charge in [0.25, 0.3) is 0 Å². The Kier molecular flexibility index (Phi) is 4.67. The molecule has 1 heteroatoms. The van der Waals surface area contributed by atoms with Crippen LogP contribution in [-0.4, -0.2) is 18.0 Å². The van der Waals surface area contributed by atoms with Crippen LogP contribution in [0.15, 0.2) is 24.4 Å². The molecule has 64 valence electrons. The third-order valence-electron chi connectivity index (χ3n) is 1.90. The molecule has 0 aromatic carbocycles. The molecule has 0 aromatic rings. The Labute approximate surface area is 70.4 Å². The first kappa shape index (κ1) is 10.3. The van der Waals surface area contributed by atoms with Crippen LogP contribution in [0.5, 0.6) is 0 Å². The zero-order chi connectivity index (χ0) is 8.85. The number of nitrogens with zero attached hydrogens (tertiary/aromatic N) is 1. The monoisotopic (exact) mass is 153 g/mol. The van der Waals surface area contributed by atoms with E-state index in [9.17, 15) is 0 Å². The van der Waals surface area contributed by atoms with E-state index < -0.39 is 0 Å². The van der Waals surface area contributed by atoms with Crippen molar-refractivity contribution >= 4 is 0 Å². The lowest BCUT2D eigenvalue weighted by Crippen LogP contribution is -2.25. The minimum absolute atomic E-state index is 0.571. The first-order valence-electron chi connectivity index (χ1n) is 4.17. The van der Waals surface area contributed by atoms with E-state index in [4.69, 9.17) is 0 Å². The van der Waals surface area contributed by atoms with E-state index in [1.54, 1.807) is 0 Å². The highest BCUT2D eigenvalue weighted by Crippen LogP contribution is 2.09. The summed E-state index contributed by atoms with van der Waals surface area (Å²) in [7, 11) is 2.11. The smallest absolute Gasteiger partial charge is 0.0227 e. The van der Waals surface area contributed by atoms with Gasteiger partial charge in [0.2, 0.25) is 0 Å². The molecule has 0 bridgehead atoms. The SMILES string of the molecule is C=C/C=C(\CC)N(C)C(C)C. The lowest BCUT2D eigenvalue weighted by Gasteiger charge is -2.25. The molecule has 0 spiro atoms. The van der Waals surface area contributed by atoms with E-state index in [0.717, 1.165) is 6.42 Å². The molecule has 0 amide bonds. The second-order valence-corrected chi connectivity index (χ2v) is 2.95. The van der Waals surface area contributed by atoms with E-state index >= 15 is 0 Å². The molecule has 0 unspecified atom stereocenters. The lowest BCUT2D eigenvalue weighted by molar-refractivity contribution is 0.335. The van der Waals surface area contributed by atoms with E-state index in [2.05, 4.69) is 45.4 Å². The van der Waals surface area contributed by atoms with Crippen LogP contribution < -0.4 is 0 Å². The molecule has 0 saturated carbocycles. The van der Waals surface area contributed by atoms with Crippen LogP contribution in [0.2, 0.25) is 0 Å². The van der Waals surface area contributed by atoms with Crippen LogP contribution in [-0.2, 0) is 0 Å². The largest absolute Gasteiger partial charge is 0.375 e. The maximum atomic E-state index is 3.69. The molecule has 0 aromatic heterocycles. The van der Waals surface area contributed by atoms with Gasteiger partial charge >= 0.3 is 0 Å². The molecule has 0 N–H and O–H groups in total. The fourth-order valence-corrected chi connectivity index (χ4v) is 0.953. The Bertz CT molecular complexity index is 145. The molecule has 11 heavy (non-hydrogen) atoms. The fourth-order valence-electron chi connectivity index (χ4n) is 0.953. The normalized spacial score (nSPS) is 11.9. The average molecular weight is 153 g/mol. The van der Waals surface area contributed by atoms with Crippen LogP contribution >= 0.6 is 0 Å². The molecule has 0 aliphatic heterocycles. The van der Waals surface area contributed by atoms with E-state index in [0.29, 0.717) is 6.04 Å². The highest BCUT2D eigenvalue weighted by atomic mass is 15.1. The van der Waals surface area contributed by atoms with Gasteiger partial charge in [0, 0.05) is 18.8 Å². The van der Waals surface area contributed by atoms with Crippen molar-refractivity contribution in [1.82, 2.24) is 4.90 Å². The maximum absolute atomic E-state index is 3.69. The summed E-state index contributed by atoms with van der Waals surface area (Å²) < 4.78 is 0. The van der Waals surface area contributed by atoms with Crippen molar-refractivity contribution in [2.45, 2.75) is 33.2 Å². The minimum Gasteiger partial charge on any atom is -0.375 e. The van der Waals surface area contributed by atoms with Gasteiger partial charge in [-0.25, -0.2) is 0 Å². The number of hydrogen-bond donors (Lipinski definition) is 0. The van der Waals surface area contributed by atoms with E-state index in [1.807, 2.05) is 6.08 Å². The van der Waals surface area contributed by atoms with Gasteiger partial charge in [-0.15, -0.1) is 0 Å². The Hall–Kier alpha value is -0.720. The van der Waals surface area contributed by atoms with Crippen molar-refractivity contribution in [2.24, 2.45) is 0 Å². The van der Waals surface area contributed by atoms with Gasteiger partial charge in [0.15, 0.2) is 0 Å². The number of rotatable bonds is 4. The predicted molar refractivity (Wildman–Crippen MR) is 51.5 cm³/mol. The summed E-state index contributed by atoms with van der Waals surface area (Å²) in [5.74, 6) is 0. The first-order chi connectivity index (χ1) is 5.13. The highest BCUT2D eigenvalue weighted by Gasteiger charge is 2.03. The second-order valence-electron chi connectivity index (χ2n) is 2.95. The predicted octanol–water partition coefficient (Wildman–Crippen LogP) is 2.81. The number of allylic oxidation sites excluding steroid dienone is 3. The molecule has 0 rings (SSSR count). The van der Waals surface area contributed by atoms with Crippen LogP contribution in [0.25, 0.3) is 0 Å². The Morgan fingerprint density at radius 1 is 1.55 bits per heavy atom. The van der Waals surface area contributed by atoms with Crippen molar-refractivity contribution in [2.75, 3.05) is 7.05 Å². The van der Waals surface area contributed by atoms with Gasteiger partial charge in [0.1, 0.15) is 0 Å². The molecule has 0 aliphatic carbocycles. The summed E-state index contributed by atoms with van der Waals surface area (Å²) in [6.07, 6.45) is 4.98. The lowest BCUT2D eigenvalue weighted by atomic mass is 10.2. The Morgan fingerprint density at radius 2 is 2.09 bits per heavy atom. The average Bonchev–Trinajstić information content (AvgIpc) is 1.98. The maximum Gasteiger partial charge on any atom is 0.0227 e. The topological polar surface area (TPSA) is 3.24 Å². The molecule has 0 saturated heterocycles. The quantitative estimate of drug-likeness (QED) is 0.561. The molecule has 1 nitrogen and oxygen atoms in total. The van der Waals surface area contributed by atoms with Gasteiger partial charge < -0.3 is 4.90 Å².